The predicted molar refractivity (Wildman–Crippen MR) is 89.3 cm³/mol. The number of rotatable bonds is 3. The van der Waals surface area contributed by atoms with E-state index in [0.29, 0.717) is 5.82 Å². The van der Waals surface area contributed by atoms with Gasteiger partial charge in [0.05, 0.1) is 17.4 Å². The van der Waals surface area contributed by atoms with Gasteiger partial charge in [0.15, 0.2) is 5.82 Å². The molecule has 6 heteroatoms. The summed E-state index contributed by atoms with van der Waals surface area (Å²) in [4.78, 5) is 13.5. The van der Waals surface area contributed by atoms with E-state index in [2.05, 4.69) is 25.4 Å². The first-order valence-corrected chi connectivity index (χ1v) is 7.22. The van der Waals surface area contributed by atoms with Gasteiger partial charge in [0, 0.05) is 36.6 Å². The molecule has 112 valence electrons. The van der Waals surface area contributed by atoms with E-state index in [9.17, 15) is 0 Å². The molecular formula is C17H14N6. The molecule has 6 nitrogen and oxygen atoms in total. The molecule has 4 aromatic rings. The molecule has 0 unspecified atom stereocenters. The Bertz CT molecular complexity index is 961. The van der Waals surface area contributed by atoms with Crippen molar-refractivity contribution < 1.29 is 0 Å². The molecule has 0 bridgehead atoms. The van der Waals surface area contributed by atoms with Gasteiger partial charge in [-0.3, -0.25) is 9.67 Å². The average Bonchev–Trinajstić information content (AvgIpc) is 3.00. The van der Waals surface area contributed by atoms with E-state index in [1.807, 2.05) is 49.6 Å². The lowest BCUT2D eigenvalue weighted by molar-refractivity contribution is 0.768. The van der Waals surface area contributed by atoms with E-state index < -0.39 is 0 Å². The van der Waals surface area contributed by atoms with Crippen LogP contribution in [0, 0.1) is 0 Å². The van der Waals surface area contributed by atoms with Crippen LogP contribution in [-0.4, -0.2) is 24.7 Å². The van der Waals surface area contributed by atoms with E-state index in [1.54, 1.807) is 23.3 Å². The molecule has 4 rings (SSSR count). The number of hydrogen-bond donors (Lipinski definition) is 1. The average molecular weight is 302 g/mol. The molecule has 0 aliphatic heterocycles. The first-order valence-electron chi connectivity index (χ1n) is 7.22. The molecule has 0 aliphatic rings. The van der Waals surface area contributed by atoms with Crippen molar-refractivity contribution in [3.05, 3.63) is 61.2 Å². The van der Waals surface area contributed by atoms with Crippen molar-refractivity contribution >= 4 is 22.4 Å². The Morgan fingerprint density at radius 3 is 2.70 bits per heavy atom. The molecule has 0 amide bonds. The molecule has 0 fully saturated rings. The summed E-state index contributed by atoms with van der Waals surface area (Å²) in [5.41, 5.74) is 2.65. The first-order chi connectivity index (χ1) is 11.3. The maximum Gasteiger partial charge on any atom is 0.163 e. The van der Waals surface area contributed by atoms with E-state index in [0.717, 1.165) is 28.0 Å². The number of pyridine rings is 1. The predicted octanol–water partition coefficient (Wildman–Crippen LogP) is 3.17. The third-order valence-corrected chi connectivity index (χ3v) is 3.49. The Labute approximate surface area is 132 Å². The highest BCUT2D eigenvalue weighted by Gasteiger charge is 2.10. The maximum atomic E-state index is 4.68. The zero-order chi connectivity index (χ0) is 15.6. The van der Waals surface area contributed by atoms with Gasteiger partial charge in [-0.2, -0.15) is 5.10 Å². The van der Waals surface area contributed by atoms with Gasteiger partial charge in [-0.1, -0.05) is 12.1 Å². The number of aryl methyl sites for hydroxylation is 1. The Hall–Kier alpha value is -3.28. The lowest BCUT2D eigenvalue weighted by atomic mass is 10.2. The summed E-state index contributed by atoms with van der Waals surface area (Å²) in [7, 11) is 1.88. The number of nitrogens with zero attached hydrogens (tertiary/aromatic N) is 5. The minimum atomic E-state index is 0.642. The molecule has 0 spiro atoms. The van der Waals surface area contributed by atoms with Crippen LogP contribution >= 0.6 is 0 Å². The van der Waals surface area contributed by atoms with Crippen molar-refractivity contribution in [1.82, 2.24) is 24.7 Å². The van der Waals surface area contributed by atoms with Gasteiger partial charge in [0.25, 0.3) is 0 Å². The van der Waals surface area contributed by atoms with Gasteiger partial charge in [-0.05, 0) is 24.3 Å². The van der Waals surface area contributed by atoms with Crippen molar-refractivity contribution in [3.63, 3.8) is 0 Å². The van der Waals surface area contributed by atoms with Crippen molar-refractivity contribution in [2.24, 2.45) is 7.05 Å². The summed E-state index contributed by atoms with van der Waals surface area (Å²) in [5, 5.41) is 8.46. The molecule has 23 heavy (non-hydrogen) atoms. The van der Waals surface area contributed by atoms with Gasteiger partial charge in [0.1, 0.15) is 5.82 Å². The van der Waals surface area contributed by atoms with Crippen LogP contribution in [0.2, 0.25) is 0 Å². The quantitative estimate of drug-likeness (QED) is 0.629. The van der Waals surface area contributed by atoms with Gasteiger partial charge in [-0.25, -0.2) is 9.97 Å². The zero-order valence-corrected chi connectivity index (χ0v) is 12.5. The normalized spacial score (nSPS) is 10.8. The molecule has 1 aromatic carbocycles. The van der Waals surface area contributed by atoms with Crippen LogP contribution in [0.5, 0.6) is 0 Å². The Morgan fingerprint density at radius 1 is 1.00 bits per heavy atom. The summed E-state index contributed by atoms with van der Waals surface area (Å²) in [6.07, 6.45) is 7.17. The molecule has 0 saturated heterocycles. The second kappa shape index (κ2) is 5.49. The number of para-hydroxylation sites is 1. The molecule has 0 radical (unpaired) electrons. The van der Waals surface area contributed by atoms with Crippen LogP contribution in [0.1, 0.15) is 0 Å². The first kappa shape index (κ1) is 13.4. The highest BCUT2D eigenvalue weighted by molar-refractivity contribution is 5.92. The third-order valence-electron chi connectivity index (χ3n) is 3.49. The van der Waals surface area contributed by atoms with E-state index in [4.69, 9.17) is 0 Å². The fourth-order valence-electron chi connectivity index (χ4n) is 2.42. The number of fused-ring (bicyclic) bond motifs is 1. The van der Waals surface area contributed by atoms with Crippen molar-refractivity contribution in [1.29, 1.82) is 0 Å². The van der Waals surface area contributed by atoms with Crippen molar-refractivity contribution in [2.45, 2.75) is 0 Å². The van der Waals surface area contributed by atoms with E-state index in [1.165, 1.54) is 0 Å². The monoisotopic (exact) mass is 302 g/mol. The largest absolute Gasteiger partial charge is 0.337 e. The summed E-state index contributed by atoms with van der Waals surface area (Å²) >= 11 is 0. The highest BCUT2D eigenvalue weighted by Crippen LogP contribution is 2.26. The third kappa shape index (κ3) is 2.62. The van der Waals surface area contributed by atoms with Crippen LogP contribution in [0.25, 0.3) is 22.3 Å². The Morgan fingerprint density at radius 2 is 1.91 bits per heavy atom. The summed E-state index contributed by atoms with van der Waals surface area (Å²) < 4.78 is 1.74. The SMILES string of the molecule is Cn1cc(Nc2nc(-c3cccnc3)nc3ccccc23)cn1. The molecule has 3 heterocycles. The van der Waals surface area contributed by atoms with Crippen LogP contribution < -0.4 is 5.32 Å². The second-order valence-corrected chi connectivity index (χ2v) is 5.18. The second-order valence-electron chi connectivity index (χ2n) is 5.18. The highest BCUT2D eigenvalue weighted by atomic mass is 15.3. The van der Waals surface area contributed by atoms with Gasteiger partial charge >= 0.3 is 0 Å². The van der Waals surface area contributed by atoms with Crippen molar-refractivity contribution in [3.8, 4) is 11.4 Å². The summed E-state index contributed by atoms with van der Waals surface area (Å²) in [5.74, 6) is 1.39. The number of anilines is 2. The van der Waals surface area contributed by atoms with E-state index in [-0.39, 0.29) is 0 Å². The van der Waals surface area contributed by atoms with Crippen LogP contribution in [0.3, 0.4) is 0 Å². The van der Waals surface area contributed by atoms with Gasteiger partial charge in [0.2, 0.25) is 0 Å². The fourth-order valence-corrected chi connectivity index (χ4v) is 2.42. The van der Waals surface area contributed by atoms with Crippen LogP contribution in [0.4, 0.5) is 11.5 Å². The summed E-state index contributed by atoms with van der Waals surface area (Å²) in [6, 6.07) is 11.7. The lowest BCUT2D eigenvalue weighted by Crippen LogP contribution is -1.99. The lowest BCUT2D eigenvalue weighted by Gasteiger charge is -2.09. The number of aromatic nitrogens is 5. The van der Waals surface area contributed by atoms with Crippen molar-refractivity contribution in [2.75, 3.05) is 5.32 Å². The van der Waals surface area contributed by atoms with Crippen LogP contribution in [-0.2, 0) is 7.05 Å². The molecular weight excluding hydrogens is 288 g/mol. The maximum absolute atomic E-state index is 4.68. The minimum absolute atomic E-state index is 0.642. The van der Waals surface area contributed by atoms with Gasteiger partial charge < -0.3 is 5.32 Å². The number of nitrogens with one attached hydrogen (secondary N) is 1. The van der Waals surface area contributed by atoms with Crippen LogP contribution in [0.15, 0.2) is 61.2 Å². The topological polar surface area (TPSA) is 68.5 Å². The number of benzene rings is 1. The van der Waals surface area contributed by atoms with Gasteiger partial charge in [-0.15, -0.1) is 0 Å². The fraction of sp³-hybridized carbons (Fsp3) is 0.0588. The molecule has 0 atom stereocenters. The number of hydrogen-bond acceptors (Lipinski definition) is 5. The standard InChI is InChI=1S/C17H14N6/c1-23-11-13(10-19-23)20-17-14-6-2-3-7-15(14)21-16(22-17)12-5-4-8-18-9-12/h2-11H,1H3,(H,20,21,22). The zero-order valence-electron chi connectivity index (χ0n) is 12.5. The molecule has 1 N–H and O–H groups in total. The molecule has 0 aliphatic carbocycles. The summed E-state index contributed by atoms with van der Waals surface area (Å²) in [6.45, 7) is 0. The minimum Gasteiger partial charge on any atom is -0.337 e. The van der Waals surface area contributed by atoms with E-state index >= 15 is 0 Å². The Balaban J connectivity index is 1.87. The molecule has 0 saturated carbocycles. The smallest absolute Gasteiger partial charge is 0.163 e. The Kier molecular flexibility index (Phi) is 3.20. The molecule has 3 aromatic heterocycles.